The first-order valence-corrected chi connectivity index (χ1v) is 7.85. The molecule has 1 unspecified atom stereocenters. The van der Waals surface area contributed by atoms with E-state index in [1.807, 2.05) is 18.2 Å². The van der Waals surface area contributed by atoms with Crippen LogP contribution in [0.1, 0.15) is 30.9 Å². The van der Waals surface area contributed by atoms with Gasteiger partial charge in [0.15, 0.2) is 0 Å². The Kier molecular flexibility index (Phi) is 4.33. The fourth-order valence-corrected chi connectivity index (χ4v) is 3.05. The summed E-state index contributed by atoms with van der Waals surface area (Å²) < 4.78 is 5.07. The number of fused-ring (bicyclic) bond motifs is 1. The number of carbonyl (C=O) groups excluding carboxylic acids is 3. The minimum atomic E-state index is -0.383. The van der Waals surface area contributed by atoms with Gasteiger partial charge < -0.3 is 9.64 Å². The lowest BCUT2D eigenvalue weighted by molar-refractivity contribution is -0.142. The average Bonchev–Trinajstić information content (AvgIpc) is 2.56. The molecule has 0 spiro atoms. The first-order valence-electron chi connectivity index (χ1n) is 7.85. The number of ether oxygens (including phenoxy) is 1. The van der Waals surface area contributed by atoms with Gasteiger partial charge in [0.2, 0.25) is 11.8 Å². The summed E-state index contributed by atoms with van der Waals surface area (Å²) >= 11 is 0. The molecule has 0 aromatic heterocycles. The van der Waals surface area contributed by atoms with Crippen LogP contribution in [0.5, 0.6) is 0 Å². The lowest BCUT2D eigenvalue weighted by atomic mass is 9.90. The lowest BCUT2D eigenvalue weighted by Crippen LogP contribution is -2.36. The summed E-state index contributed by atoms with van der Waals surface area (Å²) in [7, 11) is 1.77. The van der Waals surface area contributed by atoms with Crippen LogP contribution in [0.4, 0.5) is 5.69 Å². The number of esters is 1. The molecule has 0 fully saturated rings. The van der Waals surface area contributed by atoms with Crippen LogP contribution in [-0.4, -0.2) is 37.1 Å². The molecule has 126 valence electrons. The third-order valence-electron chi connectivity index (χ3n) is 4.33. The fraction of sp³-hybridized carbons (Fsp3) is 0.412. The zero-order valence-corrected chi connectivity index (χ0v) is 13.7. The maximum absolute atomic E-state index is 11.8. The molecular formula is C17H19N3O4. The molecule has 7 nitrogen and oxygen atoms in total. The molecule has 24 heavy (non-hydrogen) atoms. The number of hydrogen-bond donors (Lipinski definition) is 1. The standard InChI is InChI=1S/C17H19N3O4/c1-10(21)24-9-13-8-15(22)18-19-17(13)12-3-5-14-11(7-12)4-6-16(23)20(14)2/h3,5,7,13H,4,6,8-9H2,1-2H3,(H,18,22). The quantitative estimate of drug-likeness (QED) is 0.838. The van der Waals surface area contributed by atoms with Crippen molar-refractivity contribution in [3.05, 3.63) is 29.3 Å². The van der Waals surface area contributed by atoms with E-state index >= 15 is 0 Å². The Morgan fingerprint density at radius 1 is 1.38 bits per heavy atom. The maximum Gasteiger partial charge on any atom is 0.302 e. The average molecular weight is 329 g/mol. The van der Waals surface area contributed by atoms with Crippen LogP contribution in [0, 0.1) is 5.92 Å². The molecule has 1 aromatic carbocycles. The number of hydrazone groups is 1. The molecule has 3 rings (SSSR count). The number of nitrogens with one attached hydrogen (secondary N) is 1. The summed E-state index contributed by atoms with van der Waals surface area (Å²) in [6.45, 7) is 1.46. The van der Waals surface area contributed by atoms with Crippen molar-refractivity contribution in [3.63, 3.8) is 0 Å². The van der Waals surface area contributed by atoms with E-state index in [1.165, 1.54) is 6.92 Å². The van der Waals surface area contributed by atoms with Crippen molar-refractivity contribution in [2.75, 3.05) is 18.6 Å². The highest BCUT2D eigenvalue weighted by molar-refractivity contribution is 6.07. The zero-order chi connectivity index (χ0) is 17.3. The van der Waals surface area contributed by atoms with E-state index in [1.54, 1.807) is 11.9 Å². The number of rotatable bonds is 3. The van der Waals surface area contributed by atoms with Gasteiger partial charge in [0.05, 0.1) is 5.71 Å². The van der Waals surface area contributed by atoms with Crippen molar-refractivity contribution in [2.24, 2.45) is 11.0 Å². The van der Waals surface area contributed by atoms with E-state index in [0.29, 0.717) is 18.6 Å². The van der Waals surface area contributed by atoms with Gasteiger partial charge in [-0.15, -0.1) is 0 Å². The van der Waals surface area contributed by atoms with Gasteiger partial charge >= 0.3 is 5.97 Å². The van der Waals surface area contributed by atoms with Gasteiger partial charge in [-0.1, -0.05) is 6.07 Å². The Morgan fingerprint density at radius 3 is 2.92 bits per heavy atom. The van der Waals surface area contributed by atoms with Crippen molar-refractivity contribution in [2.45, 2.75) is 26.2 Å². The highest BCUT2D eigenvalue weighted by atomic mass is 16.5. The van der Waals surface area contributed by atoms with Gasteiger partial charge in [-0.2, -0.15) is 5.10 Å². The van der Waals surface area contributed by atoms with E-state index in [2.05, 4.69) is 10.5 Å². The number of amides is 2. The number of hydrogen-bond acceptors (Lipinski definition) is 5. The SMILES string of the molecule is CC(=O)OCC1CC(=O)NN=C1c1ccc2c(c1)CCC(=O)N2C. The molecule has 0 saturated heterocycles. The number of anilines is 1. The van der Waals surface area contributed by atoms with Crippen molar-refractivity contribution in [3.8, 4) is 0 Å². The third-order valence-corrected chi connectivity index (χ3v) is 4.33. The van der Waals surface area contributed by atoms with E-state index in [9.17, 15) is 14.4 Å². The predicted octanol–water partition coefficient (Wildman–Crippen LogP) is 0.999. The van der Waals surface area contributed by atoms with Crippen molar-refractivity contribution in [1.29, 1.82) is 0 Å². The number of nitrogens with zero attached hydrogens (tertiary/aromatic N) is 2. The van der Waals surface area contributed by atoms with E-state index < -0.39 is 0 Å². The fourth-order valence-electron chi connectivity index (χ4n) is 3.05. The van der Waals surface area contributed by atoms with Crippen molar-refractivity contribution in [1.82, 2.24) is 5.43 Å². The molecule has 1 atom stereocenters. The second kappa shape index (κ2) is 6.43. The first kappa shape index (κ1) is 16.2. The van der Waals surface area contributed by atoms with Gasteiger partial charge in [-0.3, -0.25) is 14.4 Å². The van der Waals surface area contributed by atoms with Crippen molar-refractivity contribution < 1.29 is 19.1 Å². The maximum atomic E-state index is 11.8. The molecule has 0 radical (unpaired) electrons. The molecule has 2 heterocycles. The Hall–Kier alpha value is -2.70. The van der Waals surface area contributed by atoms with Gasteiger partial charge in [0.25, 0.3) is 0 Å². The molecule has 0 aliphatic carbocycles. The van der Waals surface area contributed by atoms with Gasteiger partial charge in [0, 0.05) is 38.4 Å². The van der Waals surface area contributed by atoms with Crippen LogP contribution in [0.3, 0.4) is 0 Å². The minimum Gasteiger partial charge on any atom is -0.465 e. The summed E-state index contributed by atoms with van der Waals surface area (Å²) in [5, 5.41) is 4.17. The van der Waals surface area contributed by atoms with E-state index in [-0.39, 0.29) is 36.7 Å². The number of aryl methyl sites for hydroxylation is 1. The molecule has 1 N–H and O–H groups in total. The number of carbonyl (C=O) groups is 3. The second-order valence-electron chi connectivity index (χ2n) is 6.03. The normalized spacial score (nSPS) is 20.2. The van der Waals surface area contributed by atoms with Gasteiger partial charge in [-0.05, 0) is 29.7 Å². The molecular weight excluding hydrogens is 310 g/mol. The summed E-state index contributed by atoms with van der Waals surface area (Å²) in [6.07, 6.45) is 1.38. The monoisotopic (exact) mass is 329 g/mol. The van der Waals surface area contributed by atoms with Gasteiger partial charge in [-0.25, -0.2) is 5.43 Å². The van der Waals surface area contributed by atoms with Crippen LogP contribution in [0.15, 0.2) is 23.3 Å². The van der Waals surface area contributed by atoms with Crippen LogP contribution >= 0.6 is 0 Å². The molecule has 2 aliphatic rings. The Balaban J connectivity index is 1.90. The molecule has 2 amide bonds. The zero-order valence-electron chi connectivity index (χ0n) is 13.7. The molecule has 0 bridgehead atoms. The second-order valence-corrected chi connectivity index (χ2v) is 6.03. The van der Waals surface area contributed by atoms with Crippen molar-refractivity contribution >= 4 is 29.2 Å². The molecule has 0 saturated carbocycles. The Morgan fingerprint density at radius 2 is 2.17 bits per heavy atom. The Labute approximate surface area is 139 Å². The molecule has 2 aliphatic heterocycles. The van der Waals surface area contributed by atoms with Crippen LogP contribution in [0.2, 0.25) is 0 Å². The number of benzene rings is 1. The molecule has 1 aromatic rings. The first-order chi connectivity index (χ1) is 11.5. The topological polar surface area (TPSA) is 88.1 Å². The minimum absolute atomic E-state index is 0.102. The van der Waals surface area contributed by atoms with Gasteiger partial charge in [0.1, 0.15) is 6.61 Å². The summed E-state index contributed by atoms with van der Waals surface area (Å²) in [5.74, 6) is -0.751. The Bertz CT molecular complexity index is 741. The molecule has 7 heteroatoms. The van der Waals surface area contributed by atoms with E-state index in [0.717, 1.165) is 16.8 Å². The predicted molar refractivity (Wildman–Crippen MR) is 87.6 cm³/mol. The van der Waals surface area contributed by atoms with Crippen LogP contribution in [-0.2, 0) is 25.5 Å². The largest absolute Gasteiger partial charge is 0.465 e. The smallest absolute Gasteiger partial charge is 0.302 e. The summed E-state index contributed by atoms with van der Waals surface area (Å²) in [4.78, 5) is 36.1. The third kappa shape index (κ3) is 3.15. The summed E-state index contributed by atoms with van der Waals surface area (Å²) in [6, 6.07) is 5.77. The van der Waals surface area contributed by atoms with Crippen LogP contribution in [0.25, 0.3) is 0 Å². The highest BCUT2D eigenvalue weighted by Gasteiger charge is 2.28. The van der Waals surface area contributed by atoms with Crippen LogP contribution < -0.4 is 10.3 Å². The van der Waals surface area contributed by atoms with E-state index in [4.69, 9.17) is 4.74 Å². The summed E-state index contributed by atoms with van der Waals surface area (Å²) in [5.41, 5.74) is 6.02. The lowest BCUT2D eigenvalue weighted by Gasteiger charge is -2.27. The highest BCUT2D eigenvalue weighted by Crippen LogP contribution is 2.29.